The average molecular weight is 278 g/mol. The van der Waals surface area contributed by atoms with Crippen molar-refractivity contribution in [3.05, 3.63) is 35.6 Å². The van der Waals surface area contributed by atoms with Crippen LogP contribution in [0.4, 0.5) is 4.39 Å². The highest BCUT2D eigenvalue weighted by Crippen LogP contribution is 2.16. The Labute approximate surface area is 120 Å². The molecule has 0 unspecified atom stereocenters. The van der Waals surface area contributed by atoms with Crippen LogP contribution in [0.25, 0.3) is 0 Å². The zero-order valence-electron chi connectivity index (χ0n) is 12.3. The molecule has 1 fully saturated rings. The van der Waals surface area contributed by atoms with E-state index in [2.05, 4.69) is 11.8 Å². The molecule has 0 N–H and O–H groups in total. The molecule has 0 spiro atoms. The van der Waals surface area contributed by atoms with Crippen LogP contribution in [-0.4, -0.2) is 48.4 Å². The lowest BCUT2D eigenvalue weighted by molar-refractivity contribution is -0.132. The van der Waals surface area contributed by atoms with Gasteiger partial charge in [-0.25, -0.2) is 4.39 Å². The van der Waals surface area contributed by atoms with E-state index in [-0.39, 0.29) is 18.1 Å². The van der Waals surface area contributed by atoms with Crippen molar-refractivity contribution in [2.75, 3.05) is 26.7 Å². The Morgan fingerprint density at radius 1 is 1.40 bits per heavy atom. The van der Waals surface area contributed by atoms with E-state index in [1.807, 2.05) is 11.9 Å². The van der Waals surface area contributed by atoms with Crippen LogP contribution in [0.3, 0.4) is 0 Å². The maximum absolute atomic E-state index is 13.1. The summed E-state index contributed by atoms with van der Waals surface area (Å²) in [6.07, 6.45) is 2.33. The largest absolute Gasteiger partial charge is 0.342 e. The van der Waals surface area contributed by atoms with E-state index in [0.29, 0.717) is 6.04 Å². The quantitative estimate of drug-likeness (QED) is 0.844. The van der Waals surface area contributed by atoms with E-state index >= 15 is 0 Å². The topological polar surface area (TPSA) is 23.6 Å². The monoisotopic (exact) mass is 278 g/mol. The molecule has 0 atom stereocenters. The van der Waals surface area contributed by atoms with Gasteiger partial charge in [0.25, 0.3) is 0 Å². The summed E-state index contributed by atoms with van der Waals surface area (Å²) in [6.45, 7) is 5.35. The number of hydrogen-bond donors (Lipinski definition) is 0. The number of likely N-dealkylation sites (N-methyl/N-ethyl adjacent to an activating group) is 1. The minimum Gasteiger partial charge on any atom is -0.342 e. The number of carbonyl (C=O) groups excluding carboxylic acids is 1. The molecule has 3 nitrogen and oxygen atoms in total. The molecule has 0 radical (unpaired) electrons. The van der Waals surface area contributed by atoms with Gasteiger partial charge in [-0.05, 0) is 37.1 Å². The van der Waals surface area contributed by atoms with Gasteiger partial charge in [0, 0.05) is 26.2 Å². The van der Waals surface area contributed by atoms with E-state index < -0.39 is 0 Å². The fraction of sp³-hybridized carbons (Fsp3) is 0.562. The number of benzene rings is 1. The van der Waals surface area contributed by atoms with Crippen molar-refractivity contribution in [2.24, 2.45) is 0 Å². The molecule has 1 heterocycles. The second-order valence-corrected chi connectivity index (χ2v) is 5.48. The van der Waals surface area contributed by atoms with Gasteiger partial charge in [0.15, 0.2) is 0 Å². The lowest BCUT2D eigenvalue weighted by Gasteiger charge is -2.36. The van der Waals surface area contributed by atoms with Crippen LogP contribution in [0.5, 0.6) is 0 Å². The first-order valence-corrected chi connectivity index (χ1v) is 7.32. The summed E-state index contributed by atoms with van der Waals surface area (Å²) in [7, 11) is 1.87. The zero-order chi connectivity index (χ0) is 14.5. The number of hydrogen-bond acceptors (Lipinski definition) is 2. The number of likely N-dealkylation sites (tertiary alicyclic amines) is 1. The normalized spacial score (nSPS) is 17.1. The van der Waals surface area contributed by atoms with Crippen molar-refractivity contribution >= 4 is 5.91 Å². The molecular formula is C16H23FN2O. The smallest absolute Gasteiger partial charge is 0.226 e. The highest BCUT2D eigenvalue weighted by molar-refractivity contribution is 5.78. The molecule has 1 aliphatic rings. The Hall–Kier alpha value is -1.42. The van der Waals surface area contributed by atoms with Crippen molar-refractivity contribution < 1.29 is 9.18 Å². The molecule has 0 bridgehead atoms. The molecule has 1 aliphatic heterocycles. The summed E-state index contributed by atoms with van der Waals surface area (Å²) in [6, 6.07) is 6.61. The number of rotatable bonds is 4. The van der Waals surface area contributed by atoms with Gasteiger partial charge in [-0.1, -0.05) is 19.1 Å². The second-order valence-electron chi connectivity index (χ2n) is 5.48. The molecule has 1 amide bonds. The van der Waals surface area contributed by atoms with E-state index in [0.717, 1.165) is 38.0 Å². The van der Waals surface area contributed by atoms with Crippen molar-refractivity contribution in [1.29, 1.82) is 0 Å². The third-order valence-corrected chi connectivity index (χ3v) is 4.19. The van der Waals surface area contributed by atoms with Crippen LogP contribution in [0.15, 0.2) is 24.3 Å². The summed E-state index contributed by atoms with van der Waals surface area (Å²) in [5, 5.41) is 0. The van der Waals surface area contributed by atoms with Gasteiger partial charge < -0.3 is 9.80 Å². The second kappa shape index (κ2) is 6.84. The van der Waals surface area contributed by atoms with Crippen LogP contribution < -0.4 is 0 Å². The molecule has 4 heteroatoms. The van der Waals surface area contributed by atoms with Crippen LogP contribution >= 0.6 is 0 Å². The number of nitrogens with zero attached hydrogens (tertiary/aromatic N) is 2. The standard InChI is InChI=1S/C16H23FN2O/c1-3-19-9-7-15(8-10-19)18(2)16(20)12-13-5-4-6-14(17)11-13/h4-6,11,15H,3,7-10,12H2,1-2H3. The van der Waals surface area contributed by atoms with Gasteiger partial charge in [0.2, 0.25) is 5.91 Å². The first-order valence-electron chi connectivity index (χ1n) is 7.32. The first kappa shape index (κ1) is 15.0. The maximum atomic E-state index is 13.1. The SMILES string of the molecule is CCN1CCC(N(C)C(=O)Cc2cccc(F)c2)CC1. The number of carbonyl (C=O) groups is 1. The Balaban J connectivity index is 1.89. The van der Waals surface area contributed by atoms with Gasteiger partial charge in [-0.2, -0.15) is 0 Å². The molecule has 0 saturated carbocycles. The zero-order valence-corrected chi connectivity index (χ0v) is 12.3. The van der Waals surface area contributed by atoms with Crippen LogP contribution in [0.1, 0.15) is 25.3 Å². The van der Waals surface area contributed by atoms with Crippen molar-refractivity contribution in [3.63, 3.8) is 0 Å². The molecule has 1 saturated heterocycles. The summed E-state index contributed by atoms with van der Waals surface area (Å²) < 4.78 is 13.1. The molecule has 1 aromatic rings. The maximum Gasteiger partial charge on any atom is 0.226 e. The van der Waals surface area contributed by atoms with Gasteiger partial charge >= 0.3 is 0 Å². The van der Waals surface area contributed by atoms with Gasteiger partial charge in [-0.15, -0.1) is 0 Å². The van der Waals surface area contributed by atoms with Gasteiger partial charge in [-0.3, -0.25) is 4.79 Å². The third kappa shape index (κ3) is 3.79. The number of amides is 1. The van der Waals surface area contributed by atoms with Crippen LogP contribution in [0.2, 0.25) is 0 Å². The Morgan fingerprint density at radius 3 is 2.70 bits per heavy atom. The summed E-state index contributed by atoms with van der Waals surface area (Å²) in [5.74, 6) is -0.209. The van der Waals surface area contributed by atoms with E-state index in [1.54, 1.807) is 12.1 Å². The first-order chi connectivity index (χ1) is 9.60. The van der Waals surface area contributed by atoms with Crippen molar-refractivity contribution in [3.8, 4) is 0 Å². The summed E-state index contributed by atoms with van der Waals surface area (Å²) in [5.41, 5.74) is 0.743. The third-order valence-electron chi connectivity index (χ3n) is 4.19. The lowest BCUT2D eigenvalue weighted by Crippen LogP contribution is -2.45. The van der Waals surface area contributed by atoms with Gasteiger partial charge in [0.05, 0.1) is 6.42 Å². The van der Waals surface area contributed by atoms with E-state index in [4.69, 9.17) is 0 Å². The predicted octanol–water partition coefficient (Wildman–Crippen LogP) is 2.31. The Kier molecular flexibility index (Phi) is 5.12. The molecule has 110 valence electrons. The molecule has 20 heavy (non-hydrogen) atoms. The summed E-state index contributed by atoms with van der Waals surface area (Å²) >= 11 is 0. The molecule has 1 aromatic carbocycles. The predicted molar refractivity (Wildman–Crippen MR) is 78.0 cm³/mol. The van der Waals surface area contributed by atoms with Gasteiger partial charge in [0.1, 0.15) is 5.82 Å². The molecule has 2 rings (SSSR count). The molecule has 0 aromatic heterocycles. The Bertz CT molecular complexity index is 456. The Morgan fingerprint density at radius 2 is 2.10 bits per heavy atom. The average Bonchev–Trinajstić information content (AvgIpc) is 2.46. The minimum atomic E-state index is -0.283. The summed E-state index contributed by atoms with van der Waals surface area (Å²) in [4.78, 5) is 16.5. The lowest BCUT2D eigenvalue weighted by atomic mass is 10.0. The van der Waals surface area contributed by atoms with Crippen molar-refractivity contribution in [2.45, 2.75) is 32.2 Å². The van der Waals surface area contributed by atoms with Crippen LogP contribution in [-0.2, 0) is 11.2 Å². The van der Waals surface area contributed by atoms with Crippen LogP contribution in [0, 0.1) is 5.82 Å². The van der Waals surface area contributed by atoms with E-state index in [9.17, 15) is 9.18 Å². The minimum absolute atomic E-state index is 0.0746. The molecular weight excluding hydrogens is 255 g/mol. The molecule has 0 aliphatic carbocycles. The highest BCUT2D eigenvalue weighted by atomic mass is 19.1. The van der Waals surface area contributed by atoms with E-state index in [1.165, 1.54) is 12.1 Å². The fourth-order valence-electron chi connectivity index (χ4n) is 2.77. The number of halogens is 1. The fourth-order valence-corrected chi connectivity index (χ4v) is 2.77. The van der Waals surface area contributed by atoms with Crippen molar-refractivity contribution in [1.82, 2.24) is 9.80 Å². The number of piperidine rings is 1. The highest BCUT2D eigenvalue weighted by Gasteiger charge is 2.24.